The van der Waals surface area contributed by atoms with Crippen molar-refractivity contribution in [3.05, 3.63) is 81.3 Å². The summed E-state index contributed by atoms with van der Waals surface area (Å²) in [5, 5.41) is 12.0. The van der Waals surface area contributed by atoms with Crippen molar-refractivity contribution in [1.29, 1.82) is 0 Å². The van der Waals surface area contributed by atoms with Crippen LogP contribution >= 0.6 is 22.9 Å². The standard InChI is InChI=1S/C21H15ClFNO3S/c1-27-11-17(21(25)26)16-5-3-2-4-14(16)10-18(23)20-24-19(12-28-20)13-6-8-15(22)9-7-13/h2-12H,1H3,(H,25,26). The summed E-state index contributed by atoms with van der Waals surface area (Å²) in [6.45, 7) is 0. The summed E-state index contributed by atoms with van der Waals surface area (Å²) < 4.78 is 19.7. The number of benzene rings is 2. The predicted molar refractivity (Wildman–Crippen MR) is 111 cm³/mol. The molecule has 0 atom stereocenters. The molecule has 7 heteroatoms. The Morgan fingerprint density at radius 3 is 2.61 bits per heavy atom. The van der Waals surface area contributed by atoms with Crippen molar-refractivity contribution in [3.63, 3.8) is 0 Å². The van der Waals surface area contributed by atoms with Crippen LogP contribution in [0.15, 0.2) is 60.2 Å². The van der Waals surface area contributed by atoms with Crippen LogP contribution in [0.4, 0.5) is 4.39 Å². The summed E-state index contributed by atoms with van der Waals surface area (Å²) in [6, 6.07) is 13.7. The number of aliphatic carboxylic acids is 1. The predicted octanol–water partition coefficient (Wildman–Crippen LogP) is 6.00. The second kappa shape index (κ2) is 8.82. The third-order valence-corrected chi connectivity index (χ3v) is 4.95. The molecule has 0 aliphatic heterocycles. The largest absolute Gasteiger partial charge is 0.503 e. The Labute approximate surface area is 170 Å². The molecule has 0 saturated heterocycles. The molecule has 1 aromatic heterocycles. The molecule has 4 nitrogen and oxygen atoms in total. The first kappa shape index (κ1) is 19.8. The van der Waals surface area contributed by atoms with Gasteiger partial charge in [-0.15, -0.1) is 11.3 Å². The van der Waals surface area contributed by atoms with Gasteiger partial charge in [0, 0.05) is 16.0 Å². The molecule has 2 aromatic carbocycles. The highest BCUT2D eigenvalue weighted by Gasteiger charge is 2.16. The molecule has 1 N–H and O–H groups in total. The molecular weight excluding hydrogens is 401 g/mol. The summed E-state index contributed by atoms with van der Waals surface area (Å²) in [5.74, 6) is -1.72. The summed E-state index contributed by atoms with van der Waals surface area (Å²) >= 11 is 7.05. The first-order valence-corrected chi connectivity index (χ1v) is 9.40. The van der Waals surface area contributed by atoms with Crippen molar-refractivity contribution in [2.75, 3.05) is 7.11 Å². The van der Waals surface area contributed by atoms with Crippen LogP contribution in [0.3, 0.4) is 0 Å². The van der Waals surface area contributed by atoms with Gasteiger partial charge in [0.25, 0.3) is 0 Å². The molecule has 0 aliphatic carbocycles. The van der Waals surface area contributed by atoms with E-state index in [9.17, 15) is 14.3 Å². The summed E-state index contributed by atoms with van der Waals surface area (Å²) in [6.07, 6.45) is 2.39. The fourth-order valence-corrected chi connectivity index (χ4v) is 3.41. The van der Waals surface area contributed by atoms with Crippen molar-refractivity contribution in [2.24, 2.45) is 0 Å². The minimum absolute atomic E-state index is 0.0665. The third kappa shape index (κ3) is 4.47. The van der Waals surface area contributed by atoms with E-state index in [0.717, 1.165) is 23.2 Å². The molecule has 1 heterocycles. The molecule has 28 heavy (non-hydrogen) atoms. The van der Waals surface area contributed by atoms with Crippen LogP contribution in [0.1, 0.15) is 16.1 Å². The summed E-state index contributed by atoms with van der Waals surface area (Å²) in [5.41, 5.74) is 2.16. The highest BCUT2D eigenvalue weighted by molar-refractivity contribution is 7.11. The lowest BCUT2D eigenvalue weighted by molar-refractivity contribution is -0.130. The number of ether oxygens (including phenoxy) is 1. The number of carboxylic acids is 1. The Morgan fingerprint density at radius 2 is 1.93 bits per heavy atom. The molecule has 0 radical (unpaired) electrons. The number of halogens is 2. The molecule has 0 amide bonds. The maximum Gasteiger partial charge on any atom is 0.339 e. The van der Waals surface area contributed by atoms with Gasteiger partial charge in [-0.25, -0.2) is 14.2 Å². The van der Waals surface area contributed by atoms with E-state index in [-0.39, 0.29) is 10.6 Å². The summed E-state index contributed by atoms with van der Waals surface area (Å²) in [7, 11) is 1.36. The first-order valence-electron chi connectivity index (χ1n) is 8.14. The van der Waals surface area contributed by atoms with Crippen LogP contribution in [0.5, 0.6) is 0 Å². The minimum Gasteiger partial charge on any atom is -0.503 e. The van der Waals surface area contributed by atoms with Gasteiger partial charge in [-0.3, -0.25) is 0 Å². The van der Waals surface area contributed by atoms with Gasteiger partial charge in [0.05, 0.1) is 19.1 Å². The number of carboxylic acid groups (broad SMARTS) is 1. The van der Waals surface area contributed by atoms with E-state index in [1.807, 2.05) is 12.1 Å². The summed E-state index contributed by atoms with van der Waals surface area (Å²) in [4.78, 5) is 15.8. The van der Waals surface area contributed by atoms with E-state index in [1.165, 1.54) is 13.2 Å². The highest BCUT2D eigenvalue weighted by Crippen LogP contribution is 2.30. The van der Waals surface area contributed by atoms with E-state index in [1.54, 1.807) is 41.8 Å². The Hall–Kier alpha value is -2.96. The maximum atomic E-state index is 14.8. The van der Waals surface area contributed by atoms with Gasteiger partial charge in [-0.1, -0.05) is 48.0 Å². The Bertz CT molecular complexity index is 1060. The van der Waals surface area contributed by atoms with Crippen molar-refractivity contribution in [2.45, 2.75) is 0 Å². The number of rotatable bonds is 6. The van der Waals surface area contributed by atoms with Crippen LogP contribution < -0.4 is 0 Å². The SMILES string of the molecule is COC=C(C(=O)O)c1ccccc1C=C(F)c1nc(-c2ccc(Cl)cc2)cs1. The van der Waals surface area contributed by atoms with E-state index in [4.69, 9.17) is 16.3 Å². The smallest absolute Gasteiger partial charge is 0.339 e. The Balaban J connectivity index is 1.96. The van der Waals surface area contributed by atoms with Crippen LogP contribution in [0.25, 0.3) is 28.7 Å². The van der Waals surface area contributed by atoms with E-state index >= 15 is 0 Å². The zero-order valence-corrected chi connectivity index (χ0v) is 16.3. The molecule has 3 aromatic rings. The third-order valence-electron chi connectivity index (χ3n) is 3.85. The fraction of sp³-hybridized carbons (Fsp3) is 0.0476. The first-order chi connectivity index (χ1) is 13.5. The van der Waals surface area contributed by atoms with Crippen molar-refractivity contribution < 1.29 is 19.0 Å². The van der Waals surface area contributed by atoms with E-state index in [2.05, 4.69) is 4.98 Å². The Morgan fingerprint density at radius 1 is 1.21 bits per heavy atom. The molecule has 0 saturated carbocycles. The van der Waals surface area contributed by atoms with Crippen LogP contribution in [-0.2, 0) is 9.53 Å². The number of hydrogen-bond acceptors (Lipinski definition) is 4. The van der Waals surface area contributed by atoms with E-state index < -0.39 is 11.8 Å². The van der Waals surface area contributed by atoms with Gasteiger partial charge in [-0.05, 0) is 29.3 Å². The van der Waals surface area contributed by atoms with Crippen molar-refractivity contribution >= 4 is 46.4 Å². The maximum absolute atomic E-state index is 14.8. The van der Waals surface area contributed by atoms with Gasteiger partial charge in [0.1, 0.15) is 5.57 Å². The zero-order chi connectivity index (χ0) is 20.1. The lowest BCUT2D eigenvalue weighted by atomic mass is 10.00. The lowest BCUT2D eigenvalue weighted by Gasteiger charge is -2.07. The molecule has 0 bridgehead atoms. The molecule has 0 fully saturated rings. The fourth-order valence-electron chi connectivity index (χ4n) is 2.55. The van der Waals surface area contributed by atoms with Crippen molar-refractivity contribution in [3.8, 4) is 11.3 Å². The molecular formula is C21H15ClFNO3S. The second-order valence-electron chi connectivity index (χ2n) is 5.70. The van der Waals surface area contributed by atoms with E-state index in [0.29, 0.717) is 21.8 Å². The second-order valence-corrected chi connectivity index (χ2v) is 6.99. The highest BCUT2D eigenvalue weighted by atomic mass is 35.5. The lowest BCUT2D eigenvalue weighted by Crippen LogP contribution is -2.02. The number of aromatic nitrogens is 1. The van der Waals surface area contributed by atoms with Gasteiger partial charge >= 0.3 is 5.97 Å². The molecule has 3 rings (SSSR count). The number of nitrogens with zero attached hydrogens (tertiary/aromatic N) is 1. The van der Waals surface area contributed by atoms with Crippen LogP contribution in [0, 0.1) is 0 Å². The van der Waals surface area contributed by atoms with Crippen LogP contribution in [0.2, 0.25) is 5.02 Å². The number of methoxy groups -OCH3 is 1. The van der Waals surface area contributed by atoms with Crippen molar-refractivity contribution in [1.82, 2.24) is 4.98 Å². The number of hydrogen-bond donors (Lipinski definition) is 1. The van der Waals surface area contributed by atoms with Gasteiger partial charge in [-0.2, -0.15) is 0 Å². The minimum atomic E-state index is -1.16. The molecule has 142 valence electrons. The van der Waals surface area contributed by atoms with Gasteiger partial charge < -0.3 is 9.84 Å². The number of carbonyl (C=O) groups is 1. The number of thiazole rings is 1. The molecule has 0 spiro atoms. The Kier molecular flexibility index (Phi) is 6.23. The average molecular weight is 416 g/mol. The monoisotopic (exact) mass is 415 g/mol. The molecule has 0 unspecified atom stereocenters. The molecule has 0 aliphatic rings. The normalized spacial score (nSPS) is 12.1. The average Bonchev–Trinajstić information content (AvgIpc) is 3.17. The van der Waals surface area contributed by atoms with Gasteiger partial charge in [0.15, 0.2) is 10.8 Å². The quantitative estimate of drug-likeness (QED) is 0.396. The van der Waals surface area contributed by atoms with Gasteiger partial charge in [0.2, 0.25) is 0 Å². The topological polar surface area (TPSA) is 59.4 Å². The zero-order valence-electron chi connectivity index (χ0n) is 14.7. The van der Waals surface area contributed by atoms with Crippen LogP contribution in [-0.4, -0.2) is 23.2 Å².